The van der Waals surface area contributed by atoms with Gasteiger partial charge in [-0.2, -0.15) is 4.98 Å². The third kappa shape index (κ3) is 10.5. The van der Waals surface area contributed by atoms with Gasteiger partial charge in [-0.25, -0.2) is 13.8 Å². The van der Waals surface area contributed by atoms with Crippen LogP contribution >= 0.6 is 31.3 Å². The van der Waals surface area contributed by atoms with Crippen molar-refractivity contribution < 1.29 is 42.0 Å². The van der Waals surface area contributed by atoms with Crippen LogP contribution in [-0.2, 0) is 32.5 Å². The van der Waals surface area contributed by atoms with Crippen molar-refractivity contribution in [1.29, 1.82) is 0 Å². The monoisotopic (exact) mass is 668 g/mol. The van der Waals surface area contributed by atoms with Crippen LogP contribution in [0.4, 0.5) is 10.2 Å². The van der Waals surface area contributed by atoms with Gasteiger partial charge in [-0.1, -0.05) is 70.2 Å². The van der Waals surface area contributed by atoms with Gasteiger partial charge in [0.05, 0.1) is 26.4 Å². The summed E-state index contributed by atoms with van der Waals surface area (Å²) in [6, 6.07) is 1.22. The number of ether oxygens (including phenoxy) is 1. The van der Waals surface area contributed by atoms with Crippen molar-refractivity contribution in [2.24, 2.45) is 15.9 Å². The van der Waals surface area contributed by atoms with Gasteiger partial charge in [0.2, 0.25) is 0 Å². The van der Waals surface area contributed by atoms with Crippen LogP contribution in [0, 0.1) is 10.8 Å². The van der Waals surface area contributed by atoms with Crippen LogP contribution in [0.15, 0.2) is 22.2 Å². The van der Waals surface area contributed by atoms with Gasteiger partial charge in [0.1, 0.15) is 17.5 Å². The van der Waals surface area contributed by atoms with E-state index in [2.05, 4.69) is 15.0 Å². The molecule has 0 saturated carbocycles. The van der Waals surface area contributed by atoms with Crippen LogP contribution in [0.1, 0.15) is 47.8 Å². The van der Waals surface area contributed by atoms with Crippen LogP contribution in [0.25, 0.3) is 10.4 Å². The SMILES string of the molecule is CC(C)(C)C(=O)SCCOP(=O)(OCCSC(=O)C(C)(C)C)OC[C@@]1(CN=[N+]=[N-])O[C@@H](n2ccc(N)nc2=O)[C@H](F)[C@@H]1O. The molecule has 19 heteroatoms. The number of rotatable bonds is 14. The summed E-state index contributed by atoms with van der Waals surface area (Å²) in [4.78, 5) is 42.9. The lowest BCUT2D eigenvalue weighted by molar-refractivity contribution is -0.122. The van der Waals surface area contributed by atoms with Crippen molar-refractivity contribution in [3.05, 3.63) is 33.2 Å². The lowest BCUT2D eigenvalue weighted by Crippen LogP contribution is -2.48. The lowest BCUT2D eigenvalue weighted by atomic mass is 9.97. The smallest absolute Gasteiger partial charge is 0.387 e. The number of hydrogen-bond donors (Lipinski definition) is 2. The molecule has 2 heterocycles. The Morgan fingerprint density at radius 3 is 2.19 bits per heavy atom. The van der Waals surface area contributed by atoms with E-state index in [0.717, 1.165) is 34.3 Å². The maximum absolute atomic E-state index is 15.3. The Morgan fingerprint density at radius 2 is 1.72 bits per heavy atom. The molecular weight excluding hydrogens is 630 g/mol. The average Bonchev–Trinajstić information content (AvgIpc) is 3.15. The quantitative estimate of drug-likeness (QED) is 0.0947. The Hall–Kier alpha value is -2.01. The van der Waals surface area contributed by atoms with Gasteiger partial charge in [-0.15, -0.1) is 0 Å². The van der Waals surface area contributed by atoms with Gasteiger partial charge in [0.25, 0.3) is 0 Å². The van der Waals surface area contributed by atoms with Gasteiger partial charge >= 0.3 is 13.5 Å². The lowest BCUT2D eigenvalue weighted by Gasteiger charge is -2.31. The summed E-state index contributed by atoms with van der Waals surface area (Å²) in [7, 11) is -4.50. The molecule has 0 radical (unpaired) electrons. The van der Waals surface area contributed by atoms with Crippen molar-refractivity contribution in [3.63, 3.8) is 0 Å². The maximum atomic E-state index is 15.3. The van der Waals surface area contributed by atoms with Crippen LogP contribution in [-0.4, -0.2) is 80.6 Å². The number of aliphatic hydroxyl groups excluding tert-OH is 1. The first kappa shape index (κ1) is 37.2. The number of hydrogen-bond acceptors (Lipinski definition) is 14. The Kier molecular flexibility index (Phi) is 13.2. The molecule has 0 bridgehead atoms. The van der Waals surface area contributed by atoms with E-state index in [4.69, 9.17) is 29.6 Å². The van der Waals surface area contributed by atoms with Gasteiger partial charge in [0, 0.05) is 33.4 Å². The molecule has 242 valence electrons. The minimum absolute atomic E-state index is 0.0920. The largest absolute Gasteiger partial charge is 0.474 e. The number of phosphoric ester groups is 1. The number of halogens is 1. The average molecular weight is 669 g/mol. The second-order valence-corrected chi connectivity index (χ2v) is 15.4. The Bertz CT molecular complexity index is 1260. The summed E-state index contributed by atoms with van der Waals surface area (Å²) >= 11 is 1.90. The summed E-state index contributed by atoms with van der Waals surface area (Å²) in [5.41, 5.74) is 10.1. The number of anilines is 1. The molecular formula is C24H38FN6O9PS2. The second kappa shape index (κ2) is 15.3. The van der Waals surface area contributed by atoms with E-state index in [0.29, 0.717) is 0 Å². The normalized spacial score (nSPS) is 22.7. The zero-order chi connectivity index (χ0) is 32.6. The summed E-state index contributed by atoms with van der Waals surface area (Å²) in [6.07, 6.45) is -4.88. The zero-order valence-electron chi connectivity index (χ0n) is 24.8. The Balaban J connectivity index is 2.24. The van der Waals surface area contributed by atoms with E-state index in [1.54, 1.807) is 41.5 Å². The Morgan fingerprint density at radius 1 is 1.19 bits per heavy atom. The van der Waals surface area contributed by atoms with E-state index >= 15 is 4.39 Å². The number of nitrogens with zero attached hydrogens (tertiary/aromatic N) is 5. The number of carbonyl (C=O) groups is 2. The second-order valence-electron chi connectivity index (χ2n) is 11.6. The highest BCUT2D eigenvalue weighted by Crippen LogP contribution is 2.52. The molecule has 2 rings (SSSR count). The summed E-state index contributed by atoms with van der Waals surface area (Å²) in [5.74, 6) is 0.0580. The van der Waals surface area contributed by atoms with Gasteiger partial charge < -0.3 is 15.6 Å². The fourth-order valence-electron chi connectivity index (χ4n) is 3.40. The molecule has 0 aromatic carbocycles. The van der Waals surface area contributed by atoms with Crippen LogP contribution in [0.2, 0.25) is 0 Å². The number of alkyl halides is 1. The molecule has 1 fully saturated rings. The molecule has 4 atom stereocenters. The fourth-order valence-corrected chi connectivity index (χ4v) is 6.45. The highest BCUT2D eigenvalue weighted by molar-refractivity contribution is 8.14. The topological polar surface area (TPSA) is 218 Å². The molecule has 0 unspecified atom stereocenters. The van der Waals surface area contributed by atoms with Crippen molar-refractivity contribution in [2.45, 2.75) is 65.6 Å². The third-order valence-electron chi connectivity index (χ3n) is 5.82. The Labute approximate surface area is 257 Å². The first-order chi connectivity index (χ1) is 19.8. The highest BCUT2D eigenvalue weighted by atomic mass is 32.2. The molecule has 0 spiro atoms. The molecule has 43 heavy (non-hydrogen) atoms. The van der Waals surface area contributed by atoms with Gasteiger partial charge in [-0.05, 0) is 11.6 Å². The van der Waals surface area contributed by atoms with E-state index in [1.165, 1.54) is 6.07 Å². The van der Waals surface area contributed by atoms with E-state index in [-0.39, 0.29) is 40.8 Å². The molecule has 0 aliphatic carbocycles. The van der Waals surface area contributed by atoms with Crippen molar-refractivity contribution in [1.82, 2.24) is 9.55 Å². The molecule has 15 nitrogen and oxygen atoms in total. The summed E-state index contributed by atoms with van der Waals surface area (Å²) in [6.45, 7) is 8.39. The number of thioether (sulfide) groups is 2. The number of azide groups is 1. The number of nitrogen functional groups attached to an aromatic ring is 1. The van der Waals surface area contributed by atoms with Gasteiger partial charge in [0.15, 0.2) is 22.6 Å². The summed E-state index contributed by atoms with van der Waals surface area (Å²) in [5, 5.41) is 14.0. The van der Waals surface area contributed by atoms with Crippen molar-refractivity contribution >= 4 is 47.4 Å². The van der Waals surface area contributed by atoms with E-state index in [9.17, 15) is 24.1 Å². The van der Waals surface area contributed by atoms with E-state index in [1.807, 2.05) is 0 Å². The molecule has 0 amide bonds. The highest BCUT2D eigenvalue weighted by Gasteiger charge is 2.57. The van der Waals surface area contributed by atoms with Crippen LogP contribution in [0.3, 0.4) is 0 Å². The van der Waals surface area contributed by atoms with Crippen LogP contribution in [0.5, 0.6) is 0 Å². The standard InChI is InChI=1S/C24H38FN6O9PS2/c1-22(2,3)19(33)42-11-9-37-41(36,38-10-12-43-20(34)23(4,5)6)39-14-24(13-28-30-27)17(32)16(25)18(40-24)31-8-7-15(26)29-21(31)35/h7-8,16-18,32H,9-14H2,1-6H3,(H2,26,29,35)/t16-,17+,18-,24-/m1/s1. The van der Waals surface area contributed by atoms with E-state index < -0.39 is 61.6 Å². The first-order valence-corrected chi connectivity index (χ1v) is 16.5. The predicted octanol–water partition coefficient (Wildman–Crippen LogP) is 3.87. The zero-order valence-corrected chi connectivity index (χ0v) is 27.3. The number of nitrogens with two attached hydrogens (primary N) is 1. The van der Waals surface area contributed by atoms with Crippen molar-refractivity contribution in [2.75, 3.05) is 43.6 Å². The predicted molar refractivity (Wildman–Crippen MR) is 160 cm³/mol. The minimum atomic E-state index is -4.50. The molecule has 1 aromatic heterocycles. The molecule has 1 aliphatic heterocycles. The summed E-state index contributed by atoms with van der Waals surface area (Å²) < 4.78 is 51.7. The number of phosphoric acid groups is 1. The molecule has 1 aromatic rings. The number of carbonyl (C=O) groups excluding carboxylic acids is 2. The number of aromatic nitrogens is 2. The molecule has 3 N–H and O–H groups in total. The first-order valence-electron chi connectivity index (χ1n) is 13.1. The fraction of sp³-hybridized carbons (Fsp3) is 0.750. The number of aliphatic hydroxyl groups is 1. The van der Waals surface area contributed by atoms with Gasteiger partial charge in [-0.3, -0.25) is 27.7 Å². The minimum Gasteiger partial charge on any atom is -0.387 e. The third-order valence-corrected chi connectivity index (χ3v) is 9.75. The van der Waals surface area contributed by atoms with Crippen LogP contribution < -0.4 is 11.4 Å². The molecule has 1 aliphatic rings. The molecule has 1 saturated heterocycles. The maximum Gasteiger partial charge on any atom is 0.474 e. The van der Waals surface area contributed by atoms with Crippen molar-refractivity contribution in [3.8, 4) is 0 Å².